The number of carbonyl (C=O) groups excluding carboxylic acids is 1. The quantitative estimate of drug-likeness (QED) is 0.879. The number of urea groups is 1. The van der Waals surface area contributed by atoms with E-state index in [1.165, 1.54) is 23.1 Å². The lowest BCUT2D eigenvalue weighted by molar-refractivity contribution is -0.153. The van der Waals surface area contributed by atoms with E-state index in [0.29, 0.717) is 19.4 Å². The number of halogens is 3. The predicted octanol–water partition coefficient (Wildman–Crippen LogP) is 2.96. The molecule has 24 heavy (non-hydrogen) atoms. The first-order valence-electron chi connectivity index (χ1n) is 7.33. The second-order valence-corrected chi connectivity index (χ2v) is 5.45. The van der Waals surface area contributed by atoms with Crippen molar-refractivity contribution in [2.75, 3.05) is 25.0 Å². The van der Waals surface area contributed by atoms with Crippen molar-refractivity contribution >= 4 is 17.7 Å². The fourth-order valence-electron chi connectivity index (χ4n) is 2.41. The molecule has 0 radical (unpaired) electrons. The monoisotopic (exact) mass is 346 g/mol. The van der Waals surface area contributed by atoms with Crippen LogP contribution in [0.2, 0.25) is 0 Å². The van der Waals surface area contributed by atoms with Gasteiger partial charge in [-0.3, -0.25) is 4.79 Å². The Bertz CT molecular complexity index is 607. The van der Waals surface area contributed by atoms with Gasteiger partial charge in [-0.2, -0.15) is 13.2 Å². The molecule has 1 aliphatic rings. The summed E-state index contributed by atoms with van der Waals surface area (Å²) < 4.78 is 41.5. The Balaban J connectivity index is 2.02. The third-order valence-corrected chi connectivity index (χ3v) is 3.58. The average Bonchev–Trinajstić information content (AvgIpc) is 2.53. The number of piperidine rings is 1. The SMILES string of the molecule is O=C(O)C1CCCN(C(=O)Nc2ccccc2OCC(F)(F)F)C1. The maximum absolute atomic E-state index is 12.3. The van der Waals surface area contributed by atoms with Crippen LogP contribution >= 0.6 is 0 Å². The van der Waals surface area contributed by atoms with E-state index in [-0.39, 0.29) is 18.0 Å². The van der Waals surface area contributed by atoms with Gasteiger partial charge in [0.2, 0.25) is 0 Å². The zero-order chi connectivity index (χ0) is 17.7. The Labute approximate surface area is 136 Å². The molecule has 2 rings (SSSR count). The highest BCUT2D eigenvalue weighted by molar-refractivity contribution is 5.91. The summed E-state index contributed by atoms with van der Waals surface area (Å²) in [5.41, 5.74) is 0.101. The van der Waals surface area contributed by atoms with E-state index in [1.54, 1.807) is 6.07 Å². The highest BCUT2D eigenvalue weighted by atomic mass is 19.4. The molecule has 2 N–H and O–H groups in total. The molecule has 1 aliphatic heterocycles. The number of rotatable bonds is 4. The lowest BCUT2D eigenvalue weighted by atomic mass is 9.99. The highest BCUT2D eigenvalue weighted by Crippen LogP contribution is 2.27. The minimum Gasteiger partial charge on any atom is -0.482 e. The summed E-state index contributed by atoms with van der Waals surface area (Å²) in [5.74, 6) is -1.71. The Hall–Kier alpha value is -2.45. The van der Waals surface area contributed by atoms with E-state index >= 15 is 0 Å². The number of nitrogens with one attached hydrogen (secondary N) is 1. The van der Waals surface area contributed by atoms with Gasteiger partial charge < -0.3 is 20.1 Å². The van der Waals surface area contributed by atoms with Crippen molar-refractivity contribution in [2.24, 2.45) is 5.92 Å². The van der Waals surface area contributed by atoms with E-state index in [2.05, 4.69) is 5.32 Å². The molecule has 1 atom stereocenters. The normalized spacial score (nSPS) is 18.1. The Morgan fingerprint density at radius 3 is 2.71 bits per heavy atom. The summed E-state index contributed by atoms with van der Waals surface area (Å²) in [6, 6.07) is 5.21. The fourth-order valence-corrected chi connectivity index (χ4v) is 2.41. The van der Waals surface area contributed by atoms with Crippen molar-refractivity contribution in [1.29, 1.82) is 0 Å². The van der Waals surface area contributed by atoms with Gasteiger partial charge in [0.05, 0.1) is 11.6 Å². The molecule has 0 aromatic heterocycles. The number of carbonyl (C=O) groups is 2. The second-order valence-electron chi connectivity index (χ2n) is 5.45. The van der Waals surface area contributed by atoms with Crippen LogP contribution in [-0.4, -0.2) is 47.9 Å². The Kier molecular flexibility index (Phi) is 5.53. The molecule has 1 saturated heterocycles. The number of benzene rings is 1. The van der Waals surface area contributed by atoms with Crippen LogP contribution in [0.15, 0.2) is 24.3 Å². The van der Waals surface area contributed by atoms with Crippen LogP contribution < -0.4 is 10.1 Å². The largest absolute Gasteiger partial charge is 0.482 e. The average molecular weight is 346 g/mol. The molecule has 0 bridgehead atoms. The van der Waals surface area contributed by atoms with E-state index < -0.39 is 30.7 Å². The van der Waals surface area contributed by atoms with Gasteiger partial charge in [0.15, 0.2) is 6.61 Å². The maximum Gasteiger partial charge on any atom is 0.422 e. The first-order chi connectivity index (χ1) is 11.3. The number of likely N-dealkylation sites (tertiary alicyclic amines) is 1. The number of carboxylic acids is 1. The Morgan fingerprint density at radius 1 is 1.33 bits per heavy atom. The first-order valence-corrected chi connectivity index (χ1v) is 7.33. The number of anilines is 1. The van der Waals surface area contributed by atoms with Gasteiger partial charge in [0.25, 0.3) is 0 Å². The van der Waals surface area contributed by atoms with Crippen molar-refractivity contribution in [2.45, 2.75) is 19.0 Å². The molecule has 1 fully saturated rings. The highest BCUT2D eigenvalue weighted by Gasteiger charge is 2.30. The molecule has 1 unspecified atom stereocenters. The number of hydrogen-bond acceptors (Lipinski definition) is 3. The third kappa shape index (κ3) is 5.04. The third-order valence-electron chi connectivity index (χ3n) is 3.58. The fraction of sp³-hybridized carbons (Fsp3) is 0.467. The van der Waals surface area contributed by atoms with Crippen LogP contribution in [0.4, 0.5) is 23.7 Å². The molecule has 2 amide bonds. The van der Waals surface area contributed by atoms with Gasteiger partial charge >= 0.3 is 18.2 Å². The molecular weight excluding hydrogens is 329 g/mol. The second kappa shape index (κ2) is 7.41. The minimum atomic E-state index is -4.49. The molecular formula is C15H17F3N2O4. The Morgan fingerprint density at radius 2 is 2.04 bits per heavy atom. The van der Waals surface area contributed by atoms with Crippen molar-refractivity contribution < 1.29 is 32.6 Å². The van der Waals surface area contributed by atoms with E-state index in [4.69, 9.17) is 9.84 Å². The van der Waals surface area contributed by atoms with Gasteiger partial charge in [-0.1, -0.05) is 12.1 Å². The number of nitrogens with zero attached hydrogens (tertiary/aromatic N) is 1. The number of carboxylic acid groups (broad SMARTS) is 1. The minimum absolute atomic E-state index is 0.0622. The van der Waals surface area contributed by atoms with Gasteiger partial charge in [0, 0.05) is 13.1 Å². The van der Waals surface area contributed by atoms with Crippen LogP contribution in [0.5, 0.6) is 5.75 Å². The molecule has 1 aromatic rings. The van der Waals surface area contributed by atoms with Crippen LogP contribution in [0.3, 0.4) is 0 Å². The zero-order valence-corrected chi connectivity index (χ0v) is 12.7. The smallest absolute Gasteiger partial charge is 0.422 e. The van der Waals surface area contributed by atoms with Crippen molar-refractivity contribution in [3.8, 4) is 5.75 Å². The summed E-state index contributed by atoms with van der Waals surface area (Å²) in [4.78, 5) is 24.6. The van der Waals surface area contributed by atoms with Gasteiger partial charge in [-0.15, -0.1) is 0 Å². The van der Waals surface area contributed by atoms with Crippen molar-refractivity contribution in [3.63, 3.8) is 0 Å². The van der Waals surface area contributed by atoms with Crippen LogP contribution in [-0.2, 0) is 4.79 Å². The number of aliphatic carboxylic acids is 1. The number of hydrogen-bond donors (Lipinski definition) is 2. The first kappa shape index (κ1) is 17.9. The number of para-hydroxylation sites is 2. The summed E-state index contributed by atoms with van der Waals surface area (Å²) in [7, 11) is 0. The van der Waals surface area contributed by atoms with Gasteiger partial charge in [0.1, 0.15) is 5.75 Å². The van der Waals surface area contributed by atoms with Crippen LogP contribution in [0, 0.1) is 5.92 Å². The molecule has 0 aliphatic carbocycles. The molecule has 0 spiro atoms. The zero-order valence-electron chi connectivity index (χ0n) is 12.7. The van der Waals surface area contributed by atoms with Crippen LogP contribution in [0.1, 0.15) is 12.8 Å². The topological polar surface area (TPSA) is 78.9 Å². The molecule has 6 nitrogen and oxygen atoms in total. The molecule has 1 heterocycles. The number of ether oxygens (including phenoxy) is 1. The van der Waals surface area contributed by atoms with Gasteiger partial charge in [-0.05, 0) is 25.0 Å². The van der Waals surface area contributed by atoms with Crippen LogP contribution in [0.25, 0.3) is 0 Å². The number of alkyl halides is 3. The van der Waals surface area contributed by atoms with E-state index in [9.17, 15) is 22.8 Å². The van der Waals surface area contributed by atoms with Gasteiger partial charge in [-0.25, -0.2) is 4.79 Å². The summed E-state index contributed by atoms with van der Waals surface area (Å²) in [5, 5.41) is 11.5. The van der Waals surface area contributed by atoms with Crippen molar-refractivity contribution in [3.05, 3.63) is 24.3 Å². The summed E-state index contributed by atoms with van der Waals surface area (Å²) >= 11 is 0. The molecule has 9 heteroatoms. The number of amides is 2. The van der Waals surface area contributed by atoms with E-state index in [0.717, 1.165) is 0 Å². The lowest BCUT2D eigenvalue weighted by Gasteiger charge is -2.30. The standard InChI is InChI=1S/C15H17F3N2O4/c16-15(17,18)9-24-12-6-2-1-5-11(12)19-14(23)20-7-3-4-10(8-20)13(21)22/h1-2,5-6,10H,3-4,7-9H2,(H,19,23)(H,21,22). The van der Waals surface area contributed by atoms with E-state index in [1.807, 2.05) is 0 Å². The molecule has 132 valence electrons. The predicted molar refractivity (Wildman–Crippen MR) is 78.9 cm³/mol. The van der Waals surface area contributed by atoms with Crippen molar-refractivity contribution in [1.82, 2.24) is 4.90 Å². The molecule has 0 saturated carbocycles. The molecule has 1 aromatic carbocycles. The summed E-state index contributed by atoms with van der Waals surface area (Å²) in [6.45, 7) is -1.02. The summed E-state index contributed by atoms with van der Waals surface area (Å²) in [6.07, 6.45) is -3.44. The maximum atomic E-state index is 12.3. The lowest BCUT2D eigenvalue weighted by Crippen LogP contribution is -2.44.